The maximum atomic E-state index is 13.2. The maximum Gasteiger partial charge on any atom is 0.416 e. The zero-order valence-corrected chi connectivity index (χ0v) is 16.6. The average molecular weight is 463 g/mol. The Morgan fingerprint density at radius 3 is 2.41 bits per heavy atom. The van der Waals surface area contributed by atoms with Gasteiger partial charge in [-0.05, 0) is 24.5 Å². The summed E-state index contributed by atoms with van der Waals surface area (Å²) in [5, 5.41) is 15.2. The minimum Gasteiger partial charge on any atom is -0.503 e. The third kappa shape index (κ3) is 5.22. The van der Waals surface area contributed by atoms with E-state index < -0.39 is 52.7 Å². The monoisotopic (exact) mass is 463 g/mol. The van der Waals surface area contributed by atoms with Crippen LogP contribution in [0, 0.1) is 0 Å². The Hall–Kier alpha value is -3.05. The topological polar surface area (TPSA) is 84.2 Å². The molecule has 0 bridgehead atoms. The van der Waals surface area contributed by atoms with Gasteiger partial charge < -0.3 is 10.4 Å². The molecule has 1 heterocycles. The lowest BCUT2D eigenvalue weighted by Crippen LogP contribution is -2.38. The van der Waals surface area contributed by atoms with Crippen LogP contribution in [0.15, 0.2) is 35.3 Å². The molecule has 6 nitrogen and oxygen atoms in total. The quantitative estimate of drug-likeness (QED) is 0.662. The summed E-state index contributed by atoms with van der Waals surface area (Å²) in [7, 11) is 0. The van der Waals surface area contributed by atoms with Crippen molar-refractivity contribution in [1.29, 1.82) is 0 Å². The maximum absolute atomic E-state index is 13.2. The van der Waals surface area contributed by atoms with Crippen LogP contribution in [0.5, 0.6) is 5.75 Å². The van der Waals surface area contributed by atoms with Crippen molar-refractivity contribution >= 4 is 5.91 Å². The van der Waals surface area contributed by atoms with E-state index in [0.717, 1.165) is 23.0 Å². The minimum atomic E-state index is -4.72. The molecule has 2 N–H and O–H groups in total. The standard InChI is InChI=1S/C20H19F6N3O3/c21-19(22,23)10-27-17(32)15-16(31)14(30)9-29(28-15)11-18(6-1-2-7-18)12-4-3-5-13(8-12)20(24,25)26/h3-5,8-9,30H,1-2,6-7,10-11H2,(H,27,32). The number of halogens is 6. The predicted molar refractivity (Wildman–Crippen MR) is 100 cm³/mol. The molecule has 1 aromatic heterocycles. The van der Waals surface area contributed by atoms with E-state index in [1.54, 1.807) is 6.07 Å². The van der Waals surface area contributed by atoms with Gasteiger partial charge in [-0.2, -0.15) is 31.4 Å². The van der Waals surface area contributed by atoms with Gasteiger partial charge in [0, 0.05) is 5.41 Å². The molecule has 1 amide bonds. The fraction of sp³-hybridized carbons (Fsp3) is 0.450. The highest BCUT2D eigenvalue weighted by molar-refractivity contribution is 5.92. The third-order valence-corrected chi connectivity index (χ3v) is 5.44. The molecule has 1 aliphatic rings. The molecule has 0 unspecified atom stereocenters. The molecule has 0 aliphatic heterocycles. The molecule has 174 valence electrons. The van der Waals surface area contributed by atoms with Crippen molar-refractivity contribution in [2.24, 2.45) is 0 Å². The first-order chi connectivity index (χ1) is 14.8. The van der Waals surface area contributed by atoms with Crippen molar-refractivity contribution in [2.45, 2.75) is 50.0 Å². The number of carbonyl (C=O) groups excluding carboxylic acids is 1. The van der Waals surface area contributed by atoms with Gasteiger partial charge in [0.25, 0.3) is 11.3 Å². The molecule has 3 rings (SSSR count). The predicted octanol–water partition coefficient (Wildman–Crippen LogP) is 3.77. The summed E-state index contributed by atoms with van der Waals surface area (Å²) in [6.45, 7) is -1.78. The van der Waals surface area contributed by atoms with Gasteiger partial charge in [0.2, 0.25) is 0 Å². The van der Waals surface area contributed by atoms with Crippen LogP contribution in [0.3, 0.4) is 0 Å². The zero-order valence-electron chi connectivity index (χ0n) is 16.6. The average Bonchev–Trinajstić information content (AvgIpc) is 3.17. The molecular weight excluding hydrogens is 444 g/mol. The SMILES string of the molecule is O=C(NCC(F)(F)F)c1nn(CC2(c3cccc(C(F)(F)F)c3)CCCC2)cc(O)c1=O. The first-order valence-corrected chi connectivity index (χ1v) is 9.64. The van der Waals surface area contributed by atoms with E-state index in [-0.39, 0.29) is 6.54 Å². The van der Waals surface area contributed by atoms with Gasteiger partial charge in [0.15, 0.2) is 11.4 Å². The molecule has 32 heavy (non-hydrogen) atoms. The summed E-state index contributed by atoms with van der Waals surface area (Å²) >= 11 is 0. The normalized spacial score (nSPS) is 16.2. The Morgan fingerprint density at radius 1 is 1.16 bits per heavy atom. The largest absolute Gasteiger partial charge is 0.503 e. The highest BCUT2D eigenvalue weighted by Gasteiger charge is 2.39. The molecule has 1 aliphatic carbocycles. The summed E-state index contributed by atoms with van der Waals surface area (Å²) in [4.78, 5) is 24.1. The molecule has 1 saturated carbocycles. The van der Waals surface area contributed by atoms with E-state index in [1.807, 2.05) is 0 Å². The molecular formula is C20H19F6N3O3. The highest BCUT2D eigenvalue weighted by Crippen LogP contribution is 2.44. The number of hydrogen-bond donors (Lipinski definition) is 2. The summed E-state index contributed by atoms with van der Waals surface area (Å²) in [6, 6.07) is 4.80. The number of aromatic nitrogens is 2. The Morgan fingerprint density at radius 2 is 1.81 bits per heavy atom. The summed E-state index contributed by atoms with van der Waals surface area (Å²) in [5.41, 5.74) is -3.46. The molecule has 12 heteroatoms. The lowest BCUT2D eigenvalue weighted by Gasteiger charge is -2.31. The number of rotatable bonds is 5. The third-order valence-electron chi connectivity index (χ3n) is 5.44. The van der Waals surface area contributed by atoms with Gasteiger partial charge in [-0.25, -0.2) is 0 Å². The van der Waals surface area contributed by atoms with Crippen LogP contribution in [-0.4, -0.2) is 33.5 Å². The van der Waals surface area contributed by atoms with Crippen LogP contribution in [-0.2, 0) is 18.1 Å². The highest BCUT2D eigenvalue weighted by atomic mass is 19.4. The zero-order chi connectivity index (χ0) is 23.7. The van der Waals surface area contributed by atoms with Crippen LogP contribution in [0.25, 0.3) is 0 Å². The number of nitrogens with zero attached hydrogens (tertiary/aromatic N) is 2. The number of benzene rings is 1. The van der Waals surface area contributed by atoms with E-state index in [0.29, 0.717) is 31.2 Å². The molecule has 0 atom stereocenters. The first kappa shape index (κ1) is 23.6. The van der Waals surface area contributed by atoms with Gasteiger partial charge in [0.05, 0.1) is 18.3 Å². The molecule has 1 fully saturated rings. The molecule has 0 spiro atoms. The van der Waals surface area contributed by atoms with E-state index in [2.05, 4.69) is 5.10 Å². The van der Waals surface area contributed by atoms with Crippen LogP contribution in [0.4, 0.5) is 26.3 Å². The number of alkyl halides is 6. The number of nitrogens with one attached hydrogen (secondary N) is 1. The van der Waals surface area contributed by atoms with E-state index in [9.17, 15) is 41.0 Å². The lowest BCUT2D eigenvalue weighted by atomic mass is 9.78. The van der Waals surface area contributed by atoms with Crippen molar-refractivity contribution in [3.05, 3.63) is 57.5 Å². The van der Waals surface area contributed by atoms with Gasteiger partial charge in [-0.3, -0.25) is 14.3 Å². The molecule has 0 radical (unpaired) electrons. The Balaban J connectivity index is 1.96. The van der Waals surface area contributed by atoms with Crippen LogP contribution >= 0.6 is 0 Å². The molecule has 0 saturated heterocycles. The summed E-state index contributed by atoms with van der Waals surface area (Å²) in [6.07, 6.45) is -5.97. The van der Waals surface area contributed by atoms with Crippen LogP contribution in [0.2, 0.25) is 0 Å². The van der Waals surface area contributed by atoms with Crippen molar-refractivity contribution < 1.29 is 36.2 Å². The number of aromatic hydroxyl groups is 1. The van der Waals surface area contributed by atoms with Gasteiger partial charge in [-0.1, -0.05) is 31.0 Å². The van der Waals surface area contributed by atoms with Crippen LogP contribution in [0.1, 0.15) is 47.3 Å². The fourth-order valence-corrected chi connectivity index (χ4v) is 3.94. The molecule has 1 aromatic carbocycles. The fourth-order valence-electron chi connectivity index (χ4n) is 3.94. The van der Waals surface area contributed by atoms with Crippen molar-refractivity contribution in [2.75, 3.05) is 6.54 Å². The first-order valence-electron chi connectivity index (χ1n) is 9.64. The number of amides is 1. The van der Waals surface area contributed by atoms with Crippen molar-refractivity contribution in [3.8, 4) is 5.75 Å². The molecule has 2 aromatic rings. The lowest BCUT2D eigenvalue weighted by molar-refractivity contribution is -0.137. The van der Waals surface area contributed by atoms with Gasteiger partial charge >= 0.3 is 12.4 Å². The smallest absolute Gasteiger partial charge is 0.416 e. The summed E-state index contributed by atoms with van der Waals surface area (Å²) in [5.74, 6) is -2.33. The van der Waals surface area contributed by atoms with Crippen molar-refractivity contribution in [3.63, 3.8) is 0 Å². The van der Waals surface area contributed by atoms with Crippen LogP contribution < -0.4 is 10.7 Å². The number of carbonyl (C=O) groups is 1. The Kier molecular flexibility index (Phi) is 6.25. The second-order valence-electron chi connectivity index (χ2n) is 7.75. The second-order valence-corrected chi connectivity index (χ2v) is 7.75. The van der Waals surface area contributed by atoms with Crippen molar-refractivity contribution in [1.82, 2.24) is 15.1 Å². The number of hydrogen-bond acceptors (Lipinski definition) is 4. The van der Waals surface area contributed by atoms with Gasteiger partial charge in [-0.15, -0.1) is 0 Å². The van der Waals surface area contributed by atoms with E-state index >= 15 is 0 Å². The Labute approximate surface area is 177 Å². The minimum absolute atomic E-state index is 0.0816. The second kappa shape index (κ2) is 8.47. The van der Waals surface area contributed by atoms with Gasteiger partial charge in [0.1, 0.15) is 6.54 Å². The van der Waals surface area contributed by atoms with E-state index in [1.165, 1.54) is 11.4 Å². The van der Waals surface area contributed by atoms with E-state index in [4.69, 9.17) is 0 Å². The summed E-state index contributed by atoms with van der Waals surface area (Å²) < 4.78 is 77.7. The Bertz CT molecular complexity index is 1060.